The molecule has 4 nitrogen and oxygen atoms in total. The van der Waals surface area contributed by atoms with Crippen molar-refractivity contribution in [1.82, 2.24) is 16.0 Å². The highest BCUT2D eigenvalue weighted by Crippen LogP contribution is 2.44. The van der Waals surface area contributed by atoms with Crippen molar-refractivity contribution < 1.29 is 4.79 Å². The van der Waals surface area contributed by atoms with E-state index in [0.29, 0.717) is 17.5 Å². The maximum atomic E-state index is 11.9. The zero-order chi connectivity index (χ0) is 12.8. The Morgan fingerprint density at radius 1 is 1.17 bits per heavy atom. The van der Waals surface area contributed by atoms with Crippen LogP contribution in [0.3, 0.4) is 0 Å². The van der Waals surface area contributed by atoms with Gasteiger partial charge in [0.2, 0.25) is 0 Å². The van der Waals surface area contributed by atoms with Crippen molar-refractivity contribution in [3.63, 3.8) is 0 Å². The summed E-state index contributed by atoms with van der Waals surface area (Å²) in [6, 6.07) is 0.801. The van der Waals surface area contributed by atoms with Crippen LogP contribution in [-0.2, 0) is 0 Å². The van der Waals surface area contributed by atoms with E-state index in [1.54, 1.807) is 0 Å². The first-order valence-corrected chi connectivity index (χ1v) is 7.32. The van der Waals surface area contributed by atoms with Crippen LogP contribution in [0.5, 0.6) is 0 Å². The maximum Gasteiger partial charge on any atom is 0.315 e. The SMILES string of the molecule is CC1(C)CC1NC(=O)NC1CCC2CNCC2C1. The molecule has 102 valence electrons. The highest BCUT2D eigenvalue weighted by Gasteiger charge is 2.46. The monoisotopic (exact) mass is 251 g/mol. The average Bonchev–Trinajstić information content (AvgIpc) is 2.75. The Hall–Kier alpha value is -0.770. The van der Waals surface area contributed by atoms with E-state index in [9.17, 15) is 4.79 Å². The molecule has 2 saturated carbocycles. The average molecular weight is 251 g/mol. The second kappa shape index (κ2) is 4.41. The predicted molar refractivity (Wildman–Crippen MR) is 71.3 cm³/mol. The van der Waals surface area contributed by atoms with Crippen LogP contribution in [0.15, 0.2) is 0 Å². The summed E-state index contributed by atoms with van der Waals surface area (Å²) in [6.07, 6.45) is 4.67. The van der Waals surface area contributed by atoms with Gasteiger partial charge in [-0.3, -0.25) is 0 Å². The van der Waals surface area contributed by atoms with Crippen LogP contribution >= 0.6 is 0 Å². The van der Waals surface area contributed by atoms with Crippen LogP contribution in [-0.4, -0.2) is 31.2 Å². The van der Waals surface area contributed by atoms with E-state index in [0.717, 1.165) is 37.6 Å². The summed E-state index contributed by atoms with van der Waals surface area (Å²) >= 11 is 0. The molecule has 2 aliphatic carbocycles. The summed E-state index contributed by atoms with van der Waals surface area (Å²) in [6.45, 7) is 6.72. The van der Waals surface area contributed by atoms with Crippen LogP contribution < -0.4 is 16.0 Å². The lowest BCUT2D eigenvalue weighted by atomic mass is 9.79. The van der Waals surface area contributed by atoms with E-state index in [1.807, 2.05) is 0 Å². The van der Waals surface area contributed by atoms with E-state index in [1.165, 1.54) is 13.0 Å². The fourth-order valence-electron chi connectivity index (χ4n) is 3.53. The molecule has 2 amide bonds. The van der Waals surface area contributed by atoms with Crippen molar-refractivity contribution in [2.24, 2.45) is 17.3 Å². The minimum Gasteiger partial charge on any atom is -0.335 e. The van der Waals surface area contributed by atoms with Gasteiger partial charge in [0.05, 0.1) is 0 Å². The molecule has 3 N–H and O–H groups in total. The molecule has 0 bridgehead atoms. The standard InChI is InChI=1S/C14H25N3O/c1-14(2)6-12(14)17-13(18)16-11-4-3-9-7-15-8-10(9)5-11/h9-12,15H,3-8H2,1-2H3,(H2,16,17,18). The van der Waals surface area contributed by atoms with Gasteiger partial charge in [0, 0.05) is 12.1 Å². The molecule has 1 aliphatic heterocycles. The summed E-state index contributed by atoms with van der Waals surface area (Å²) in [5.41, 5.74) is 0.310. The molecule has 0 aromatic heterocycles. The van der Waals surface area contributed by atoms with Gasteiger partial charge in [0.1, 0.15) is 0 Å². The Kier molecular flexibility index (Phi) is 3.00. The minimum atomic E-state index is 0.0416. The molecular formula is C14H25N3O. The lowest BCUT2D eigenvalue weighted by Gasteiger charge is -2.31. The largest absolute Gasteiger partial charge is 0.335 e. The molecule has 4 atom stereocenters. The van der Waals surface area contributed by atoms with Crippen molar-refractivity contribution in [3.8, 4) is 0 Å². The number of amides is 2. The quantitative estimate of drug-likeness (QED) is 0.696. The summed E-state index contributed by atoms with van der Waals surface area (Å²) in [5.74, 6) is 1.63. The van der Waals surface area contributed by atoms with Crippen molar-refractivity contribution in [3.05, 3.63) is 0 Å². The molecule has 0 spiro atoms. The van der Waals surface area contributed by atoms with Crippen molar-refractivity contribution in [2.45, 2.75) is 51.6 Å². The first-order valence-electron chi connectivity index (χ1n) is 7.32. The van der Waals surface area contributed by atoms with Crippen molar-refractivity contribution in [2.75, 3.05) is 13.1 Å². The highest BCUT2D eigenvalue weighted by atomic mass is 16.2. The third-order valence-corrected chi connectivity index (χ3v) is 5.11. The molecule has 0 aromatic rings. The molecule has 0 radical (unpaired) electrons. The normalized spacial score (nSPS) is 41.0. The van der Waals surface area contributed by atoms with Crippen molar-refractivity contribution >= 4 is 6.03 Å². The first-order chi connectivity index (χ1) is 8.54. The van der Waals surface area contributed by atoms with Crippen LogP contribution in [0.1, 0.15) is 39.5 Å². The van der Waals surface area contributed by atoms with E-state index in [-0.39, 0.29) is 6.03 Å². The Morgan fingerprint density at radius 2 is 1.89 bits per heavy atom. The van der Waals surface area contributed by atoms with Gasteiger partial charge in [-0.05, 0) is 56.0 Å². The number of carbonyl (C=O) groups excluding carboxylic acids is 1. The van der Waals surface area contributed by atoms with Gasteiger partial charge in [0.25, 0.3) is 0 Å². The fourth-order valence-corrected chi connectivity index (χ4v) is 3.53. The molecule has 4 heteroatoms. The Balaban J connectivity index is 1.44. The molecule has 3 fully saturated rings. The van der Waals surface area contributed by atoms with Gasteiger partial charge in [0.15, 0.2) is 0 Å². The van der Waals surface area contributed by atoms with Gasteiger partial charge in [-0.15, -0.1) is 0 Å². The topological polar surface area (TPSA) is 53.2 Å². The number of hydrogen-bond donors (Lipinski definition) is 3. The van der Waals surface area contributed by atoms with Gasteiger partial charge in [-0.1, -0.05) is 13.8 Å². The second-order valence-electron chi connectivity index (χ2n) is 7.05. The first kappa shape index (κ1) is 12.3. The molecule has 1 saturated heterocycles. The lowest BCUT2D eigenvalue weighted by Crippen LogP contribution is -2.46. The second-order valence-corrected chi connectivity index (χ2v) is 7.05. The van der Waals surface area contributed by atoms with Crippen molar-refractivity contribution in [1.29, 1.82) is 0 Å². The fraction of sp³-hybridized carbons (Fsp3) is 0.929. The smallest absolute Gasteiger partial charge is 0.315 e. The minimum absolute atomic E-state index is 0.0416. The Labute approximate surface area is 109 Å². The summed E-state index contributed by atoms with van der Waals surface area (Å²) in [5, 5.41) is 9.71. The highest BCUT2D eigenvalue weighted by molar-refractivity contribution is 5.75. The number of nitrogens with one attached hydrogen (secondary N) is 3. The Morgan fingerprint density at radius 3 is 2.61 bits per heavy atom. The van der Waals surface area contributed by atoms with Crippen LogP contribution in [0.25, 0.3) is 0 Å². The number of rotatable bonds is 2. The third kappa shape index (κ3) is 2.48. The van der Waals surface area contributed by atoms with Crippen LogP contribution in [0.4, 0.5) is 4.79 Å². The summed E-state index contributed by atoms with van der Waals surface area (Å²) in [4.78, 5) is 11.9. The van der Waals surface area contributed by atoms with Gasteiger partial charge < -0.3 is 16.0 Å². The Bertz CT molecular complexity index is 342. The van der Waals surface area contributed by atoms with E-state index in [2.05, 4.69) is 29.8 Å². The maximum absolute atomic E-state index is 11.9. The summed E-state index contributed by atoms with van der Waals surface area (Å²) in [7, 11) is 0. The molecule has 18 heavy (non-hydrogen) atoms. The number of urea groups is 1. The zero-order valence-electron chi connectivity index (χ0n) is 11.5. The molecule has 0 aromatic carbocycles. The van der Waals surface area contributed by atoms with E-state index < -0.39 is 0 Å². The molecule has 1 heterocycles. The third-order valence-electron chi connectivity index (χ3n) is 5.11. The van der Waals surface area contributed by atoms with E-state index >= 15 is 0 Å². The number of fused-ring (bicyclic) bond motifs is 1. The van der Waals surface area contributed by atoms with Gasteiger partial charge in [-0.25, -0.2) is 4.79 Å². The molecule has 3 rings (SSSR count). The molecular weight excluding hydrogens is 226 g/mol. The molecule has 4 unspecified atom stereocenters. The van der Waals surface area contributed by atoms with Crippen LogP contribution in [0, 0.1) is 17.3 Å². The van der Waals surface area contributed by atoms with Gasteiger partial charge in [-0.2, -0.15) is 0 Å². The number of carbonyl (C=O) groups is 1. The summed E-state index contributed by atoms with van der Waals surface area (Å²) < 4.78 is 0. The zero-order valence-corrected chi connectivity index (χ0v) is 11.5. The van der Waals surface area contributed by atoms with E-state index in [4.69, 9.17) is 0 Å². The van der Waals surface area contributed by atoms with Gasteiger partial charge >= 0.3 is 6.03 Å². The number of hydrogen-bond acceptors (Lipinski definition) is 2. The van der Waals surface area contributed by atoms with Crippen LogP contribution in [0.2, 0.25) is 0 Å². The predicted octanol–water partition coefficient (Wildman–Crippen LogP) is 1.47. The lowest BCUT2D eigenvalue weighted by molar-refractivity contribution is 0.214. The molecule has 3 aliphatic rings.